The van der Waals surface area contributed by atoms with E-state index in [4.69, 9.17) is 4.74 Å². The van der Waals surface area contributed by atoms with E-state index in [0.29, 0.717) is 13.0 Å². The Kier molecular flexibility index (Phi) is 4.54. The quantitative estimate of drug-likeness (QED) is 0.842. The zero-order chi connectivity index (χ0) is 13.0. The first-order valence-corrected chi connectivity index (χ1v) is 6.66. The molecule has 3 unspecified atom stereocenters. The highest BCUT2D eigenvalue weighted by Gasteiger charge is 2.42. The number of nitrogens with one attached hydrogen (secondary N) is 1. The number of hydrogen-bond donors (Lipinski definition) is 1. The largest absolute Gasteiger partial charge is 0.497 e. The van der Waals surface area contributed by atoms with Gasteiger partial charge in [-0.2, -0.15) is 13.2 Å². The second-order valence-electron chi connectivity index (χ2n) is 5.22. The summed E-state index contributed by atoms with van der Waals surface area (Å²) in [6, 6.07) is -0.0140. The molecule has 18 heavy (non-hydrogen) atoms. The Morgan fingerprint density at radius 1 is 1.22 bits per heavy atom. The molecular weight excluding hydrogens is 243 g/mol. The zero-order valence-corrected chi connectivity index (χ0v) is 10.4. The van der Waals surface area contributed by atoms with Gasteiger partial charge < -0.3 is 10.1 Å². The van der Waals surface area contributed by atoms with Crippen LogP contribution in [0, 0.1) is 5.92 Å². The molecule has 0 radical (unpaired) electrons. The highest BCUT2D eigenvalue weighted by atomic mass is 19.4. The van der Waals surface area contributed by atoms with Gasteiger partial charge in [-0.1, -0.05) is 6.42 Å². The minimum Gasteiger partial charge on any atom is -0.497 e. The van der Waals surface area contributed by atoms with Crippen molar-refractivity contribution in [3.63, 3.8) is 0 Å². The average Bonchev–Trinajstić information content (AvgIpc) is 2.37. The van der Waals surface area contributed by atoms with E-state index in [0.717, 1.165) is 19.3 Å². The van der Waals surface area contributed by atoms with Crippen molar-refractivity contribution in [2.45, 2.75) is 56.8 Å². The molecule has 1 aliphatic carbocycles. The van der Waals surface area contributed by atoms with E-state index in [2.05, 4.69) is 5.32 Å². The Morgan fingerprint density at radius 3 is 2.72 bits per heavy atom. The third-order valence-electron chi connectivity index (χ3n) is 3.79. The predicted molar refractivity (Wildman–Crippen MR) is 63.1 cm³/mol. The third kappa shape index (κ3) is 3.90. The van der Waals surface area contributed by atoms with Gasteiger partial charge in [-0.3, -0.25) is 0 Å². The van der Waals surface area contributed by atoms with Crippen LogP contribution in [0.15, 0.2) is 12.3 Å². The number of halogens is 3. The number of rotatable bonds is 3. The second-order valence-corrected chi connectivity index (χ2v) is 5.22. The molecule has 1 heterocycles. The molecule has 0 aromatic carbocycles. The average molecular weight is 263 g/mol. The summed E-state index contributed by atoms with van der Waals surface area (Å²) in [6.07, 6.45) is 3.66. The van der Waals surface area contributed by atoms with E-state index in [9.17, 15) is 13.2 Å². The van der Waals surface area contributed by atoms with Gasteiger partial charge >= 0.3 is 6.18 Å². The molecule has 1 saturated carbocycles. The van der Waals surface area contributed by atoms with Gasteiger partial charge in [0.1, 0.15) is 6.10 Å². The minimum absolute atomic E-state index is 0.0140. The molecule has 1 N–H and O–H groups in total. The number of ether oxygens (including phenoxy) is 1. The molecule has 2 aliphatic rings. The van der Waals surface area contributed by atoms with Crippen LogP contribution in [0.1, 0.15) is 38.5 Å². The van der Waals surface area contributed by atoms with Crippen molar-refractivity contribution >= 4 is 0 Å². The predicted octanol–water partition coefficient (Wildman–Crippen LogP) is 3.39. The molecule has 2 rings (SSSR count). The summed E-state index contributed by atoms with van der Waals surface area (Å²) in [5.74, 6) is -1.13. The van der Waals surface area contributed by atoms with Crippen LogP contribution in [0.2, 0.25) is 0 Å². The smallest absolute Gasteiger partial charge is 0.391 e. The van der Waals surface area contributed by atoms with E-state index in [-0.39, 0.29) is 25.0 Å². The van der Waals surface area contributed by atoms with Gasteiger partial charge in [0.25, 0.3) is 0 Å². The topological polar surface area (TPSA) is 21.3 Å². The maximum atomic E-state index is 12.6. The first-order chi connectivity index (χ1) is 8.55. The van der Waals surface area contributed by atoms with Crippen molar-refractivity contribution in [2.75, 3.05) is 6.54 Å². The lowest BCUT2D eigenvalue weighted by atomic mass is 9.85. The first kappa shape index (κ1) is 13.7. The Balaban J connectivity index is 1.74. The van der Waals surface area contributed by atoms with Crippen molar-refractivity contribution in [3.05, 3.63) is 12.3 Å². The summed E-state index contributed by atoms with van der Waals surface area (Å²) in [7, 11) is 0. The fraction of sp³-hybridized carbons (Fsp3) is 0.846. The van der Waals surface area contributed by atoms with Crippen molar-refractivity contribution in [1.82, 2.24) is 5.32 Å². The molecule has 0 amide bonds. The monoisotopic (exact) mass is 263 g/mol. The summed E-state index contributed by atoms with van der Waals surface area (Å²) in [5, 5.41) is 3.23. The van der Waals surface area contributed by atoms with Gasteiger partial charge in [-0.05, 0) is 38.2 Å². The van der Waals surface area contributed by atoms with E-state index < -0.39 is 12.1 Å². The normalized spacial score (nSPS) is 33.2. The van der Waals surface area contributed by atoms with Gasteiger partial charge in [0.15, 0.2) is 0 Å². The third-order valence-corrected chi connectivity index (χ3v) is 3.79. The Labute approximate surface area is 106 Å². The van der Waals surface area contributed by atoms with Crippen LogP contribution in [0.4, 0.5) is 13.2 Å². The lowest BCUT2D eigenvalue weighted by molar-refractivity contribution is -0.183. The molecule has 3 atom stereocenters. The second kappa shape index (κ2) is 5.95. The summed E-state index contributed by atoms with van der Waals surface area (Å²) in [6.45, 7) is 0.652. The summed E-state index contributed by atoms with van der Waals surface area (Å²) in [4.78, 5) is 0. The molecule has 1 aliphatic heterocycles. The van der Waals surface area contributed by atoms with Crippen LogP contribution in [-0.2, 0) is 4.74 Å². The summed E-state index contributed by atoms with van der Waals surface area (Å²) in [5.41, 5.74) is 0. The molecule has 104 valence electrons. The molecule has 0 bridgehead atoms. The van der Waals surface area contributed by atoms with Crippen molar-refractivity contribution < 1.29 is 17.9 Å². The van der Waals surface area contributed by atoms with E-state index in [1.165, 1.54) is 0 Å². The molecular formula is C13H20F3NO. The highest BCUT2D eigenvalue weighted by molar-refractivity contribution is 4.86. The lowest BCUT2D eigenvalue weighted by Crippen LogP contribution is -2.42. The first-order valence-electron chi connectivity index (χ1n) is 6.66. The Hall–Kier alpha value is -0.710. The van der Waals surface area contributed by atoms with Crippen LogP contribution in [0.5, 0.6) is 0 Å². The number of hydrogen-bond acceptors (Lipinski definition) is 2. The van der Waals surface area contributed by atoms with Gasteiger partial charge in [0.2, 0.25) is 0 Å². The summed E-state index contributed by atoms with van der Waals surface area (Å²) >= 11 is 0. The summed E-state index contributed by atoms with van der Waals surface area (Å²) < 4.78 is 43.3. The van der Waals surface area contributed by atoms with Crippen molar-refractivity contribution in [2.24, 2.45) is 5.92 Å². The fourth-order valence-electron chi connectivity index (χ4n) is 2.71. The highest BCUT2D eigenvalue weighted by Crippen LogP contribution is 2.37. The zero-order valence-electron chi connectivity index (χ0n) is 10.4. The molecule has 1 fully saturated rings. The van der Waals surface area contributed by atoms with E-state index >= 15 is 0 Å². The molecule has 2 nitrogen and oxygen atoms in total. The lowest BCUT2D eigenvalue weighted by Gasteiger charge is -2.32. The maximum Gasteiger partial charge on any atom is 0.391 e. The Bertz CT molecular complexity index is 290. The maximum absolute atomic E-state index is 12.6. The van der Waals surface area contributed by atoms with Crippen LogP contribution in [0.3, 0.4) is 0 Å². The standard InChI is InChI=1S/C13H20F3NO/c14-13(15,16)10-4-3-5-11(8-10)17-9-12-6-1-2-7-18-12/h2,7,10-12,17H,1,3-6,8-9H2. The van der Waals surface area contributed by atoms with Gasteiger partial charge in [0.05, 0.1) is 12.2 Å². The number of allylic oxidation sites excluding steroid dienone is 1. The van der Waals surface area contributed by atoms with Crippen LogP contribution < -0.4 is 5.32 Å². The van der Waals surface area contributed by atoms with Crippen molar-refractivity contribution in [1.29, 1.82) is 0 Å². The molecule has 5 heteroatoms. The molecule has 0 spiro atoms. The SMILES string of the molecule is FC(F)(F)C1CCCC(NCC2CCC=CO2)C1. The Morgan fingerprint density at radius 2 is 2.06 bits per heavy atom. The van der Waals surface area contributed by atoms with Gasteiger partial charge in [-0.25, -0.2) is 0 Å². The van der Waals surface area contributed by atoms with E-state index in [1.807, 2.05) is 6.08 Å². The van der Waals surface area contributed by atoms with Gasteiger partial charge in [-0.15, -0.1) is 0 Å². The van der Waals surface area contributed by atoms with Crippen LogP contribution >= 0.6 is 0 Å². The number of alkyl halides is 3. The van der Waals surface area contributed by atoms with Gasteiger partial charge in [0, 0.05) is 12.6 Å². The molecule has 0 saturated heterocycles. The minimum atomic E-state index is -4.04. The van der Waals surface area contributed by atoms with Crippen LogP contribution in [0.25, 0.3) is 0 Å². The van der Waals surface area contributed by atoms with Crippen LogP contribution in [-0.4, -0.2) is 24.9 Å². The van der Waals surface area contributed by atoms with Crippen molar-refractivity contribution in [3.8, 4) is 0 Å². The molecule has 0 aromatic rings. The van der Waals surface area contributed by atoms with E-state index in [1.54, 1.807) is 6.26 Å². The fourth-order valence-corrected chi connectivity index (χ4v) is 2.71. The molecule has 0 aromatic heterocycles.